The van der Waals surface area contributed by atoms with Gasteiger partial charge in [-0.2, -0.15) is 0 Å². The molecule has 314 valence electrons. The number of unbranched alkanes of at least 4 members (excludes halogenated alkanes) is 27. The number of carbonyl (C=O) groups is 1. The molecule has 0 bridgehead atoms. The van der Waals surface area contributed by atoms with Crippen LogP contribution >= 0.6 is 0 Å². The van der Waals surface area contributed by atoms with Gasteiger partial charge in [-0.15, -0.1) is 0 Å². The van der Waals surface area contributed by atoms with Crippen LogP contribution in [0.5, 0.6) is 0 Å². The molecule has 6 N–H and O–H groups in total. The minimum absolute atomic E-state index is 0.175. The van der Waals surface area contributed by atoms with Crippen LogP contribution < -0.4 is 5.32 Å². The predicted octanol–water partition coefficient (Wildman–Crippen LogP) is 8.95. The minimum atomic E-state index is -1.56. The Bertz CT molecular complexity index is 842. The fourth-order valence-corrected chi connectivity index (χ4v) is 7.21. The molecule has 1 saturated heterocycles. The van der Waals surface area contributed by atoms with Crippen molar-refractivity contribution in [2.45, 2.75) is 249 Å². The number of aliphatic hydroxyl groups is 5. The molecule has 0 saturated carbocycles. The van der Waals surface area contributed by atoms with E-state index < -0.39 is 49.5 Å². The van der Waals surface area contributed by atoms with Crippen LogP contribution in [0.2, 0.25) is 0 Å². The molecule has 1 fully saturated rings. The van der Waals surface area contributed by atoms with Gasteiger partial charge in [0.1, 0.15) is 24.4 Å². The Labute approximate surface area is 325 Å². The van der Waals surface area contributed by atoms with Crippen LogP contribution in [0.4, 0.5) is 0 Å². The summed E-state index contributed by atoms with van der Waals surface area (Å²) in [5.74, 6) is -0.175. The van der Waals surface area contributed by atoms with E-state index in [0.29, 0.717) is 6.42 Å². The summed E-state index contributed by atoms with van der Waals surface area (Å²) >= 11 is 0. The summed E-state index contributed by atoms with van der Waals surface area (Å²) in [6.45, 7) is 3.77. The summed E-state index contributed by atoms with van der Waals surface area (Å²) in [6.07, 6.45) is 32.5. The lowest BCUT2D eigenvalue weighted by molar-refractivity contribution is -0.302. The molecule has 0 aromatic heterocycles. The van der Waals surface area contributed by atoms with Crippen molar-refractivity contribution in [3.63, 3.8) is 0 Å². The van der Waals surface area contributed by atoms with E-state index in [0.717, 1.165) is 38.5 Å². The molecule has 0 aromatic carbocycles. The van der Waals surface area contributed by atoms with Crippen molar-refractivity contribution in [3.05, 3.63) is 12.2 Å². The van der Waals surface area contributed by atoms with Gasteiger partial charge >= 0.3 is 0 Å². The van der Waals surface area contributed by atoms with E-state index >= 15 is 0 Å². The third-order valence-electron chi connectivity index (χ3n) is 10.9. The fraction of sp³-hybridized carbons (Fsp3) is 0.932. The van der Waals surface area contributed by atoms with E-state index in [4.69, 9.17) is 9.47 Å². The Morgan fingerprint density at radius 2 is 1.04 bits per heavy atom. The minimum Gasteiger partial charge on any atom is -0.394 e. The van der Waals surface area contributed by atoms with Crippen LogP contribution in [-0.4, -0.2) is 87.5 Å². The number of carbonyl (C=O) groups excluding carboxylic acids is 1. The van der Waals surface area contributed by atoms with E-state index in [1.165, 1.54) is 148 Å². The van der Waals surface area contributed by atoms with Crippen molar-refractivity contribution in [2.24, 2.45) is 0 Å². The number of hydrogen-bond donors (Lipinski definition) is 6. The highest BCUT2D eigenvalue weighted by atomic mass is 16.7. The molecule has 7 atom stereocenters. The van der Waals surface area contributed by atoms with Crippen molar-refractivity contribution in [1.29, 1.82) is 0 Å². The number of hydrogen-bond acceptors (Lipinski definition) is 8. The van der Waals surface area contributed by atoms with E-state index in [2.05, 4.69) is 19.2 Å². The van der Waals surface area contributed by atoms with Crippen LogP contribution in [0, 0.1) is 0 Å². The number of aliphatic hydroxyl groups excluding tert-OH is 5. The SMILES string of the molecule is CCCCCCCCCCCC/C=C/[C@@H](O)[C@H](CO[C@@H]1O[C@H](CO)[C@H](O)C(O)C1O)NC(=O)CCCCCCCCCCCCCCCCCCCC. The highest BCUT2D eigenvalue weighted by Gasteiger charge is 2.44. The van der Waals surface area contributed by atoms with Crippen LogP contribution in [0.1, 0.15) is 206 Å². The fourth-order valence-electron chi connectivity index (χ4n) is 7.21. The van der Waals surface area contributed by atoms with E-state index in [-0.39, 0.29) is 12.5 Å². The molecule has 1 heterocycles. The maximum atomic E-state index is 12.9. The number of allylic oxidation sites excluding steroid dienone is 1. The molecule has 2 unspecified atom stereocenters. The highest BCUT2D eigenvalue weighted by Crippen LogP contribution is 2.23. The summed E-state index contributed by atoms with van der Waals surface area (Å²) in [7, 11) is 0. The molecule has 0 aromatic rings. The third kappa shape index (κ3) is 26.4. The van der Waals surface area contributed by atoms with Gasteiger partial charge in [0.2, 0.25) is 5.91 Å². The Balaban J connectivity index is 2.34. The Morgan fingerprint density at radius 1 is 0.623 bits per heavy atom. The summed E-state index contributed by atoms with van der Waals surface area (Å²) in [6, 6.07) is -0.797. The third-order valence-corrected chi connectivity index (χ3v) is 10.9. The summed E-state index contributed by atoms with van der Waals surface area (Å²) < 4.78 is 11.2. The van der Waals surface area contributed by atoms with Crippen LogP contribution in [0.3, 0.4) is 0 Å². The first-order valence-corrected chi connectivity index (χ1v) is 22.4. The molecule has 0 aliphatic carbocycles. The van der Waals surface area contributed by atoms with Crippen molar-refractivity contribution in [3.8, 4) is 0 Å². The summed E-state index contributed by atoms with van der Waals surface area (Å²) in [5, 5.41) is 54.1. The summed E-state index contributed by atoms with van der Waals surface area (Å²) in [5.41, 5.74) is 0. The van der Waals surface area contributed by atoms with Gasteiger partial charge in [0.15, 0.2) is 6.29 Å². The van der Waals surface area contributed by atoms with Crippen molar-refractivity contribution < 1.29 is 39.8 Å². The lowest BCUT2D eigenvalue weighted by Crippen LogP contribution is -2.60. The molecule has 1 aliphatic rings. The van der Waals surface area contributed by atoms with Gasteiger partial charge in [0, 0.05) is 6.42 Å². The Kier molecular flexibility index (Phi) is 33.3. The molecule has 53 heavy (non-hydrogen) atoms. The molecule has 9 nitrogen and oxygen atoms in total. The second-order valence-electron chi connectivity index (χ2n) is 15.9. The number of ether oxygens (including phenoxy) is 2. The van der Waals surface area contributed by atoms with Crippen LogP contribution in [-0.2, 0) is 14.3 Å². The topological polar surface area (TPSA) is 149 Å². The Morgan fingerprint density at radius 3 is 1.47 bits per heavy atom. The molecule has 1 aliphatic heterocycles. The maximum absolute atomic E-state index is 12.9. The standard InChI is InChI=1S/C44H85NO8/c1-3-5-7-9-11-13-15-17-18-19-20-21-22-24-26-28-30-32-34-40(48)45-37(36-52-44-43(51)42(50)41(49)39(35-46)53-44)38(47)33-31-29-27-25-23-16-14-12-10-8-6-4-2/h31,33,37-39,41-44,46-47,49-51H,3-30,32,34-36H2,1-2H3,(H,45,48)/b33-31+/t37-,38+,39+,41-,42?,43?,44+/m0/s1. The first-order chi connectivity index (χ1) is 25.8. The largest absolute Gasteiger partial charge is 0.394 e. The molecular weight excluding hydrogens is 670 g/mol. The smallest absolute Gasteiger partial charge is 0.220 e. The number of amides is 1. The first kappa shape index (κ1) is 49.9. The van der Waals surface area contributed by atoms with E-state index in [9.17, 15) is 30.3 Å². The predicted molar refractivity (Wildman–Crippen MR) is 217 cm³/mol. The van der Waals surface area contributed by atoms with Crippen molar-refractivity contribution in [2.75, 3.05) is 13.2 Å². The lowest BCUT2D eigenvalue weighted by atomic mass is 9.99. The lowest BCUT2D eigenvalue weighted by Gasteiger charge is -2.40. The molecule has 1 rings (SSSR count). The highest BCUT2D eigenvalue weighted by molar-refractivity contribution is 5.76. The van der Waals surface area contributed by atoms with Crippen LogP contribution in [0.25, 0.3) is 0 Å². The van der Waals surface area contributed by atoms with Gasteiger partial charge in [-0.3, -0.25) is 4.79 Å². The van der Waals surface area contributed by atoms with E-state index in [1.807, 2.05) is 6.08 Å². The average Bonchev–Trinajstić information content (AvgIpc) is 3.16. The molecule has 1 amide bonds. The molecular formula is C44H85NO8. The van der Waals surface area contributed by atoms with Gasteiger partial charge in [-0.05, 0) is 19.3 Å². The van der Waals surface area contributed by atoms with Crippen molar-refractivity contribution >= 4 is 5.91 Å². The van der Waals surface area contributed by atoms with Gasteiger partial charge in [-0.1, -0.05) is 193 Å². The monoisotopic (exact) mass is 756 g/mol. The first-order valence-electron chi connectivity index (χ1n) is 22.4. The second kappa shape index (κ2) is 35.4. The van der Waals surface area contributed by atoms with Gasteiger partial charge in [0.05, 0.1) is 25.4 Å². The molecule has 0 radical (unpaired) electrons. The zero-order valence-corrected chi connectivity index (χ0v) is 34.3. The van der Waals surface area contributed by atoms with Gasteiger partial charge in [0.25, 0.3) is 0 Å². The quantitative estimate of drug-likeness (QED) is 0.0272. The van der Waals surface area contributed by atoms with Crippen LogP contribution in [0.15, 0.2) is 12.2 Å². The van der Waals surface area contributed by atoms with Gasteiger partial charge in [-0.25, -0.2) is 0 Å². The zero-order chi connectivity index (χ0) is 38.8. The normalized spacial score (nSPS) is 21.7. The average molecular weight is 756 g/mol. The van der Waals surface area contributed by atoms with E-state index in [1.54, 1.807) is 6.08 Å². The summed E-state index contributed by atoms with van der Waals surface area (Å²) in [4.78, 5) is 12.9. The molecule has 0 spiro atoms. The molecule has 9 heteroatoms. The number of nitrogens with one attached hydrogen (secondary N) is 1. The van der Waals surface area contributed by atoms with Crippen molar-refractivity contribution in [1.82, 2.24) is 5.32 Å². The Hall–Kier alpha value is -1.07. The maximum Gasteiger partial charge on any atom is 0.220 e. The second-order valence-corrected chi connectivity index (χ2v) is 15.9. The van der Waals surface area contributed by atoms with Gasteiger partial charge < -0.3 is 40.3 Å². The zero-order valence-electron chi connectivity index (χ0n) is 34.3. The number of rotatable bonds is 37.